The number of aliphatic imine (C=N–C) groups is 1. The van der Waals surface area contributed by atoms with Gasteiger partial charge in [-0.1, -0.05) is 36.4 Å². The number of guanidine groups is 1. The Morgan fingerprint density at radius 1 is 1.00 bits per heavy atom. The molecule has 3 rings (SSSR count). The first-order chi connectivity index (χ1) is 15.6. The predicted octanol–water partition coefficient (Wildman–Crippen LogP) is 3.01. The van der Waals surface area contributed by atoms with Crippen LogP contribution in [0.3, 0.4) is 0 Å². The van der Waals surface area contributed by atoms with E-state index in [0.717, 1.165) is 62.3 Å². The lowest BCUT2D eigenvalue weighted by Crippen LogP contribution is -2.52. The summed E-state index contributed by atoms with van der Waals surface area (Å²) in [6, 6.07) is 16.2. The number of benzene rings is 2. The topological polar surface area (TPSA) is 69.6 Å². The minimum Gasteiger partial charge on any atom is -0.493 e. The zero-order valence-corrected chi connectivity index (χ0v) is 22.2. The lowest BCUT2D eigenvalue weighted by Gasteiger charge is -2.36. The minimum absolute atomic E-state index is 0. The first kappa shape index (κ1) is 27.2. The van der Waals surface area contributed by atoms with Gasteiger partial charge in [-0.15, -0.1) is 24.0 Å². The van der Waals surface area contributed by atoms with Crippen LogP contribution in [0.25, 0.3) is 0 Å². The molecule has 0 bridgehead atoms. The third kappa shape index (κ3) is 8.35. The van der Waals surface area contributed by atoms with E-state index in [1.165, 1.54) is 5.56 Å². The standard InChI is InChI=1S/C25H36N4O3.HI/c1-4-26-25(27-18-22(30)16-20-8-6-5-7-9-20)29-14-12-28(13-15-29)19-21-10-11-23(31-2)24(17-21)32-3;/h5-11,17,22,30H,4,12-16,18-19H2,1-3H3,(H,26,27);1H. The van der Waals surface area contributed by atoms with Crippen LogP contribution in [0.1, 0.15) is 18.1 Å². The maximum absolute atomic E-state index is 10.4. The molecule has 0 aromatic heterocycles. The number of methoxy groups -OCH3 is 2. The van der Waals surface area contributed by atoms with E-state index in [1.54, 1.807) is 14.2 Å². The lowest BCUT2D eigenvalue weighted by molar-refractivity contribution is 0.168. The van der Waals surface area contributed by atoms with Gasteiger partial charge in [-0.25, -0.2) is 0 Å². The molecule has 1 unspecified atom stereocenters. The van der Waals surface area contributed by atoms with Gasteiger partial charge in [0, 0.05) is 45.7 Å². The Bertz CT molecular complexity index is 858. The van der Waals surface area contributed by atoms with Crippen molar-refractivity contribution in [1.29, 1.82) is 0 Å². The number of halogens is 1. The summed E-state index contributed by atoms with van der Waals surface area (Å²) in [5.41, 5.74) is 2.34. The second-order valence-corrected chi connectivity index (χ2v) is 7.99. The third-order valence-electron chi connectivity index (χ3n) is 5.63. The van der Waals surface area contributed by atoms with Gasteiger partial charge in [-0.05, 0) is 30.2 Å². The molecule has 2 aromatic carbocycles. The molecule has 2 N–H and O–H groups in total. The van der Waals surface area contributed by atoms with E-state index in [0.29, 0.717) is 13.0 Å². The van der Waals surface area contributed by atoms with Gasteiger partial charge < -0.3 is 24.8 Å². The first-order valence-electron chi connectivity index (χ1n) is 11.3. The molecule has 7 nitrogen and oxygen atoms in total. The summed E-state index contributed by atoms with van der Waals surface area (Å²) in [6.45, 7) is 7.84. The van der Waals surface area contributed by atoms with Crippen LogP contribution < -0.4 is 14.8 Å². The smallest absolute Gasteiger partial charge is 0.194 e. The number of aliphatic hydroxyl groups is 1. The summed E-state index contributed by atoms with van der Waals surface area (Å²) >= 11 is 0. The fourth-order valence-corrected chi connectivity index (χ4v) is 3.92. The van der Waals surface area contributed by atoms with Gasteiger partial charge in [0.15, 0.2) is 17.5 Å². The Hall–Kier alpha value is -2.04. The Balaban J connectivity index is 0.00000385. The highest BCUT2D eigenvalue weighted by molar-refractivity contribution is 14.0. The van der Waals surface area contributed by atoms with Crippen LogP contribution in [0.4, 0.5) is 0 Å². The summed E-state index contributed by atoms with van der Waals surface area (Å²) in [5.74, 6) is 2.40. The molecule has 2 aromatic rings. The first-order valence-corrected chi connectivity index (χ1v) is 11.3. The van der Waals surface area contributed by atoms with Crippen molar-refractivity contribution in [2.45, 2.75) is 26.0 Å². The minimum atomic E-state index is -0.489. The van der Waals surface area contributed by atoms with Crippen molar-refractivity contribution in [3.8, 4) is 11.5 Å². The molecule has 8 heteroatoms. The molecule has 0 radical (unpaired) electrons. The fraction of sp³-hybridized carbons (Fsp3) is 0.480. The molecule has 1 aliphatic rings. The SMILES string of the molecule is CCNC(=NCC(O)Cc1ccccc1)N1CCN(Cc2ccc(OC)c(OC)c2)CC1.I. The van der Waals surface area contributed by atoms with Crippen molar-refractivity contribution in [2.24, 2.45) is 4.99 Å². The van der Waals surface area contributed by atoms with E-state index >= 15 is 0 Å². The van der Waals surface area contributed by atoms with E-state index in [4.69, 9.17) is 14.5 Å². The second-order valence-electron chi connectivity index (χ2n) is 7.99. The van der Waals surface area contributed by atoms with E-state index in [1.807, 2.05) is 42.5 Å². The van der Waals surface area contributed by atoms with Gasteiger partial charge in [0.1, 0.15) is 0 Å². The Labute approximate surface area is 214 Å². The molecule has 1 aliphatic heterocycles. The molecule has 0 saturated carbocycles. The van der Waals surface area contributed by atoms with Crippen molar-refractivity contribution in [3.63, 3.8) is 0 Å². The highest BCUT2D eigenvalue weighted by atomic mass is 127. The predicted molar refractivity (Wildman–Crippen MR) is 144 cm³/mol. The summed E-state index contributed by atoms with van der Waals surface area (Å²) in [4.78, 5) is 9.43. The van der Waals surface area contributed by atoms with E-state index in [2.05, 4.69) is 28.1 Å². The number of ether oxygens (including phenoxy) is 2. The molecule has 182 valence electrons. The summed E-state index contributed by atoms with van der Waals surface area (Å²) in [7, 11) is 3.32. The second kappa shape index (κ2) is 14.3. The van der Waals surface area contributed by atoms with Crippen LogP contribution in [-0.4, -0.2) is 80.5 Å². The maximum Gasteiger partial charge on any atom is 0.194 e. The van der Waals surface area contributed by atoms with Crippen molar-refractivity contribution >= 4 is 29.9 Å². The number of nitrogens with one attached hydrogen (secondary N) is 1. The molecule has 0 aliphatic carbocycles. The summed E-state index contributed by atoms with van der Waals surface area (Å²) in [6.07, 6.45) is 0.125. The van der Waals surface area contributed by atoms with Gasteiger partial charge in [-0.2, -0.15) is 0 Å². The molecule has 1 heterocycles. The molecule has 33 heavy (non-hydrogen) atoms. The molecular formula is C25H37IN4O3. The molecule has 1 fully saturated rings. The lowest BCUT2D eigenvalue weighted by atomic mass is 10.1. The van der Waals surface area contributed by atoms with E-state index < -0.39 is 6.10 Å². The molecule has 0 amide bonds. The quantitative estimate of drug-likeness (QED) is 0.276. The van der Waals surface area contributed by atoms with Crippen LogP contribution in [0.15, 0.2) is 53.5 Å². The highest BCUT2D eigenvalue weighted by Crippen LogP contribution is 2.28. The van der Waals surface area contributed by atoms with Crippen molar-refractivity contribution in [3.05, 3.63) is 59.7 Å². The Morgan fingerprint density at radius 3 is 2.33 bits per heavy atom. The fourth-order valence-electron chi connectivity index (χ4n) is 3.92. The van der Waals surface area contributed by atoms with E-state index in [-0.39, 0.29) is 24.0 Å². The zero-order chi connectivity index (χ0) is 22.8. The van der Waals surface area contributed by atoms with Gasteiger partial charge in [0.25, 0.3) is 0 Å². The van der Waals surface area contributed by atoms with Gasteiger partial charge in [-0.3, -0.25) is 9.89 Å². The van der Waals surface area contributed by atoms with E-state index in [9.17, 15) is 5.11 Å². The molecule has 1 atom stereocenters. The number of aliphatic hydroxyl groups excluding tert-OH is 1. The van der Waals surface area contributed by atoms with Gasteiger partial charge in [0.05, 0.1) is 26.9 Å². The largest absolute Gasteiger partial charge is 0.493 e. The molecular weight excluding hydrogens is 531 g/mol. The Morgan fingerprint density at radius 2 is 1.70 bits per heavy atom. The van der Waals surface area contributed by atoms with Gasteiger partial charge in [0.2, 0.25) is 0 Å². The average Bonchev–Trinajstić information content (AvgIpc) is 2.83. The summed E-state index contributed by atoms with van der Waals surface area (Å²) < 4.78 is 10.8. The third-order valence-corrected chi connectivity index (χ3v) is 5.63. The van der Waals surface area contributed by atoms with Crippen molar-refractivity contribution in [2.75, 3.05) is 53.5 Å². The monoisotopic (exact) mass is 568 g/mol. The number of rotatable bonds is 9. The number of piperazine rings is 1. The number of hydrogen-bond donors (Lipinski definition) is 2. The normalized spacial score (nSPS) is 15.5. The van der Waals surface area contributed by atoms with Gasteiger partial charge >= 0.3 is 0 Å². The summed E-state index contributed by atoms with van der Waals surface area (Å²) in [5, 5.41) is 13.8. The van der Waals surface area contributed by atoms with Crippen LogP contribution in [0, 0.1) is 0 Å². The average molecular weight is 569 g/mol. The highest BCUT2D eigenvalue weighted by Gasteiger charge is 2.20. The maximum atomic E-state index is 10.4. The van der Waals surface area contributed by atoms with Crippen molar-refractivity contribution < 1.29 is 14.6 Å². The number of hydrogen-bond acceptors (Lipinski definition) is 5. The van der Waals surface area contributed by atoms with Crippen LogP contribution >= 0.6 is 24.0 Å². The van der Waals surface area contributed by atoms with Crippen LogP contribution in [0.2, 0.25) is 0 Å². The van der Waals surface area contributed by atoms with Crippen LogP contribution in [0.5, 0.6) is 11.5 Å². The van der Waals surface area contributed by atoms with Crippen LogP contribution in [-0.2, 0) is 13.0 Å². The molecule has 1 saturated heterocycles. The number of nitrogens with zero attached hydrogens (tertiary/aromatic N) is 3. The Kier molecular flexibility index (Phi) is 11.8. The molecule has 0 spiro atoms. The zero-order valence-electron chi connectivity index (χ0n) is 19.9. The van der Waals surface area contributed by atoms with Crippen molar-refractivity contribution in [1.82, 2.24) is 15.1 Å².